The van der Waals surface area contributed by atoms with Gasteiger partial charge in [0.05, 0.1) is 24.9 Å². The average molecular weight is 312 g/mol. The number of halogens is 1. The van der Waals surface area contributed by atoms with Crippen LogP contribution in [0.3, 0.4) is 0 Å². The molecule has 2 aliphatic rings. The summed E-state index contributed by atoms with van der Waals surface area (Å²) in [4.78, 5) is 10.8. The van der Waals surface area contributed by atoms with Crippen molar-refractivity contribution in [2.75, 3.05) is 24.7 Å². The molecule has 1 aromatic heterocycles. The van der Waals surface area contributed by atoms with Crippen LogP contribution in [0.4, 0.5) is 5.82 Å². The molecule has 0 spiro atoms. The normalized spacial score (nSPS) is 25.9. The van der Waals surface area contributed by atoms with Crippen molar-refractivity contribution in [1.29, 1.82) is 0 Å². The molecule has 1 N–H and O–H groups in total. The predicted octanol–water partition coefficient (Wildman–Crippen LogP) is 2.51. The lowest BCUT2D eigenvalue weighted by Gasteiger charge is -2.36. The van der Waals surface area contributed by atoms with Crippen molar-refractivity contribution in [2.24, 2.45) is 0 Å². The zero-order chi connectivity index (χ0) is 14.9. The second-order valence-electron chi connectivity index (χ2n) is 6.09. The smallest absolute Gasteiger partial charge is 0.224 e. The minimum Gasteiger partial charge on any atom is -0.384 e. The number of anilines is 1. The molecule has 5 nitrogen and oxygen atoms in total. The minimum atomic E-state index is -0.852. The fourth-order valence-electron chi connectivity index (χ4n) is 3.25. The molecule has 0 aromatic carbocycles. The maximum absolute atomic E-state index is 10.9. The Morgan fingerprint density at radius 2 is 2.10 bits per heavy atom. The minimum absolute atomic E-state index is 0.209. The van der Waals surface area contributed by atoms with Crippen LogP contribution in [0.2, 0.25) is 5.28 Å². The summed E-state index contributed by atoms with van der Waals surface area (Å²) in [7, 11) is 0. The van der Waals surface area contributed by atoms with E-state index in [1.54, 1.807) is 0 Å². The molecule has 0 amide bonds. The van der Waals surface area contributed by atoms with E-state index in [9.17, 15) is 5.11 Å². The number of hydrogen-bond donors (Lipinski definition) is 1. The number of aromatic nitrogens is 2. The van der Waals surface area contributed by atoms with Crippen LogP contribution in [-0.4, -0.2) is 40.9 Å². The number of nitrogens with zero attached hydrogens (tertiary/aromatic N) is 3. The number of ether oxygens (including phenoxy) is 1. The summed E-state index contributed by atoms with van der Waals surface area (Å²) < 4.78 is 5.46. The molecule has 3 rings (SSSR count). The van der Waals surface area contributed by atoms with Crippen LogP contribution in [0.5, 0.6) is 0 Å². The fourth-order valence-corrected chi connectivity index (χ4v) is 3.43. The third kappa shape index (κ3) is 3.15. The van der Waals surface area contributed by atoms with Gasteiger partial charge in [-0.2, -0.15) is 0 Å². The average Bonchev–Trinajstić information content (AvgIpc) is 2.48. The lowest BCUT2D eigenvalue weighted by Crippen LogP contribution is -2.44. The van der Waals surface area contributed by atoms with Crippen LogP contribution in [0.15, 0.2) is 6.07 Å². The number of morpholine rings is 1. The zero-order valence-corrected chi connectivity index (χ0v) is 13.1. The molecule has 1 saturated carbocycles. The molecule has 2 heterocycles. The van der Waals surface area contributed by atoms with E-state index in [1.165, 1.54) is 6.42 Å². The summed E-state index contributed by atoms with van der Waals surface area (Å²) in [5.41, 5.74) is -0.189. The zero-order valence-electron chi connectivity index (χ0n) is 12.4. The Bertz CT molecular complexity index is 506. The first-order valence-corrected chi connectivity index (χ1v) is 8.08. The Hall–Kier alpha value is -0.910. The molecule has 2 fully saturated rings. The van der Waals surface area contributed by atoms with Crippen molar-refractivity contribution >= 4 is 17.4 Å². The number of rotatable bonds is 2. The molecule has 0 radical (unpaired) electrons. The van der Waals surface area contributed by atoms with E-state index in [4.69, 9.17) is 16.3 Å². The van der Waals surface area contributed by atoms with Crippen LogP contribution in [0, 0.1) is 0 Å². The summed E-state index contributed by atoms with van der Waals surface area (Å²) in [5.74, 6) is 0.791. The standard InChI is InChI=1S/C15H22ClN3O2/c1-11-10-21-8-7-19(11)13-9-12(17-14(16)18-13)15(20)5-3-2-4-6-15/h9,11,20H,2-8,10H2,1H3/t11-/m1/s1. The predicted molar refractivity (Wildman–Crippen MR) is 81.7 cm³/mol. The van der Waals surface area contributed by atoms with Gasteiger partial charge in [0, 0.05) is 12.6 Å². The van der Waals surface area contributed by atoms with E-state index < -0.39 is 5.60 Å². The number of hydrogen-bond acceptors (Lipinski definition) is 5. The lowest BCUT2D eigenvalue weighted by atomic mass is 9.82. The summed E-state index contributed by atoms with van der Waals surface area (Å²) in [5, 5.41) is 11.1. The number of aliphatic hydroxyl groups is 1. The highest BCUT2D eigenvalue weighted by Gasteiger charge is 2.34. The first kappa shape index (κ1) is 15.0. The maximum atomic E-state index is 10.9. The van der Waals surface area contributed by atoms with Crippen LogP contribution in [-0.2, 0) is 10.3 Å². The van der Waals surface area contributed by atoms with E-state index in [0.717, 1.165) is 38.0 Å². The third-order valence-electron chi connectivity index (χ3n) is 4.50. The Kier molecular flexibility index (Phi) is 4.33. The van der Waals surface area contributed by atoms with E-state index >= 15 is 0 Å². The molecular weight excluding hydrogens is 290 g/mol. The van der Waals surface area contributed by atoms with Crippen LogP contribution in [0.1, 0.15) is 44.7 Å². The van der Waals surface area contributed by atoms with Crippen LogP contribution in [0.25, 0.3) is 0 Å². The molecule has 0 unspecified atom stereocenters. The quantitative estimate of drug-likeness (QED) is 0.850. The van der Waals surface area contributed by atoms with Crippen molar-refractivity contribution in [3.8, 4) is 0 Å². The summed E-state index contributed by atoms with van der Waals surface area (Å²) in [6.45, 7) is 4.25. The summed E-state index contributed by atoms with van der Waals surface area (Å²) in [6.07, 6.45) is 4.73. The molecule has 116 valence electrons. The van der Waals surface area contributed by atoms with Gasteiger partial charge in [-0.1, -0.05) is 19.3 Å². The molecule has 1 aliphatic carbocycles. The Labute approximate surface area is 130 Å². The van der Waals surface area contributed by atoms with E-state index in [0.29, 0.717) is 18.9 Å². The first-order valence-electron chi connectivity index (χ1n) is 7.70. The maximum Gasteiger partial charge on any atom is 0.224 e. The second-order valence-corrected chi connectivity index (χ2v) is 6.43. The Morgan fingerprint density at radius 1 is 1.33 bits per heavy atom. The fraction of sp³-hybridized carbons (Fsp3) is 0.733. The Balaban J connectivity index is 1.92. The topological polar surface area (TPSA) is 58.5 Å². The van der Waals surface area contributed by atoms with Gasteiger partial charge in [-0.25, -0.2) is 9.97 Å². The van der Waals surface area contributed by atoms with Crippen LogP contribution < -0.4 is 4.90 Å². The molecular formula is C15H22ClN3O2. The third-order valence-corrected chi connectivity index (χ3v) is 4.67. The molecule has 1 aromatic rings. The lowest BCUT2D eigenvalue weighted by molar-refractivity contribution is -0.00473. The van der Waals surface area contributed by atoms with Gasteiger partial charge in [-0.05, 0) is 31.4 Å². The molecule has 1 saturated heterocycles. The van der Waals surface area contributed by atoms with Crippen molar-refractivity contribution < 1.29 is 9.84 Å². The van der Waals surface area contributed by atoms with Gasteiger partial charge in [-0.15, -0.1) is 0 Å². The van der Waals surface area contributed by atoms with Gasteiger partial charge in [0.2, 0.25) is 5.28 Å². The van der Waals surface area contributed by atoms with E-state index in [2.05, 4.69) is 21.8 Å². The molecule has 6 heteroatoms. The van der Waals surface area contributed by atoms with Gasteiger partial charge >= 0.3 is 0 Å². The molecule has 0 bridgehead atoms. The largest absolute Gasteiger partial charge is 0.384 e. The van der Waals surface area contributed by atoms with Crippen LogP contribution >= 0.6 is 11.6 Å². The Morgan fingerprint density at radius 3 is 2.81 bits per heavy atom. The van der Waals surface area contributed by atoms with Gasteiger partial charge in [0.1, 0.15) is 11.4 Å². The molecule has 21 heavy (non-hydrogen) atoms. The first-order chi connectivity index (χ1) is 10.1. The van der Waals surface area contributed by atoms with Gasteiger partial charge in [0.15, 0.2) is 0 Å². The highest BCUT2D eigenvalue weighted by molar-refractivity contribution is 6.28. The van der Waals surface area contributed by atoms with Gasteiger partial charge < -0.3 is 14.7 Å². The highest BCUT2D eigenvalue weighted by atomic mass is 35.5. The summed E-state index contributed by atoms with van der Waals surface area (Å²) >= 11 is 6.11. The van der Waals surface area contributed by atoms with Gasteiger partial charge in [-0.3, -0.25) is 0 Å². The van der Waals surface area contributed by atoms with E-state index in [1.807, 2.05) is 6.07 Å². The SMILES string of the molecule is C[C@@H]1COCCN1c1cc(C2(O)CCCCC2)nc(Cl)n1. The van der Waals surface area contributed by atoms with Crippen molar-refractivity contribution in [1.82, 2.24) is 9.97 Å². The van der Waals surface area contributed by atoms with Crippen molar-refractivity contribution in [3.05, 3.63) is 17.0 Å². The summed E-state index contributed by atoms with van der Waals surface area (Å²) in [6, 6.07) is 2.15. The highest BCUT2D eigenvalue weighted by Crippen LogP contribution is 2.37. The molecule has 1 aliphatic heterocycles. The monoisotopic (exact) mass is 311 g/mol. The van der Waals surface area contributed by atoms with E-state index in [-0.39, 0.29) is 11.3 Å². The second kappa shape index (κ2) is 6.07. The van der Waals surface area contributed by atoms with Crippen molar-refractivity contribution in [2.45, 2.75) is 50.7 Å². The van der Waals surface area contributed by atoms with Gasteiger partial charge in [0.25, 0.3) is 0 Å². The van der Waals surface area contributed by atoms with Crippen molar-refractivity contribution in [3.63, 3.8) is 0 Å². The molecule has 1 atom stereocenters.